The van der Waals surface area contributed by atoms with Crippen molar-refractivity contribution in [3.8, 4) is 0 Å². The van der Waals surface area contributed by atoms with Crippen LogP contribution in [0, 0.1) is 0 Å². The molecule has 1 heterocycles. The Kier molecular flexibility index (Phi) is 51.8. The van der Waals surface area contributed by atoms with Crippen molar-refractivity contribution in [1.29, 1.82) is 0 Å². The highest BCUT2D eigenvalue weighted by Gasteiger charge is 2.44. The Hall–Kier alpha value is -1.41. The van der Waals surface area contributed by atoms with E-state index in [0.717, 1.165) is 38.5 Å². The molecule has 1 aliphatic heterocycles. The number of amides is 1. The summed E-state index contributed by atoms with van der Waals surface area (Å²) in [4.78, 5) is 13.2. The Labute approximate surface area is 467 Å². The van der Waals surface area contributed by atoms with Crippen LogP contribution in [-0.2, 0) is 14.3 Å². The molecule has 9 unspecified atom stereocenters. The lowest BCUT2D eigenvalue weighted by Gasteiger charge is -2.40. The number of hydrogen-bond donors (Lipinski definition) is 8. The van der Waals surface area contributed by atoms with Crippen LogP contribution in [0.2, 0.25) is 0 Å². The zero-order valence-corrected chi connectivity index (χ0v) is 49.5. The van der Waals surface area contributed by atoms with Gasteiger partial charge in [-0.1, -0.05) is 276 Å². The highest BCUT2D eigenvalue weighted by atomic mass is 16.7. The normalized spacial score (nSPS) is 19.7. The van der Waals surface area contributed by atoms with E-state index in [-0.39, 0.29) is 12.8 Å². The highest BCUT2D eigenvalue weighted by Crippen LogP contribution is 2.24. The molecule has 0 aromatic rings. The number of unbranched alkanes of at least 4 members (excludes halogenated alkanes) is 41. The van der Waals surface area contributed by atoms with E-state index in [9.17, 15) is 40.5 Å². The highest BCUT2D eigenvalue weighted by molar-refractivity contribution is 5.80. The Morgan fingerprint density at radius 1 is 0.447 bits per heavy atom. The van der Waals surface area contributed by atoms with E-state index in [2.05, 4.69) is 43.5 Å². The fourth-order valence-electron chi connectivity index (χ4n) is 10.7. The van der Waals surface area contributed by atoms with Crippen molar-refractivity contribution in [3.63, 3.8) is 0 Å². The summed E-state index contributed by atoms with van der Waals surface area (Å²) >= 11 is 0. The number of aliphatic hydroxyl groups is 7. The first-order valence-electron chi connectivity index (χ1n) is 32.7. The van der Waals surface area contributed by atoms with Crippen LogP contribution in [-0.4, -0.2) is 110 Å². The summed E-state index contributed by atoms with van der Waals surface area (Å²) in [6.07, 6.45) is 55.4. The first-order chi connectivity index (χ1) is 37.2. The average Bonchev–Trinajstić information content (AvgIpc) is 3.42. The third kappa shape index (κ3) is 41.6. The molecule has 1 fully saturated rings. The van der Waals surface area contributed by atoms with E-state index in [0.29, 0.717) is 12.8 Å². The number of carbonyl (C=O) groups is 1. The first kappa shape index (κ1) is 72.6. The van der Waals surface area contributed by atoms with Crippen LogP contribution in [0.3, 0.4) is 0 Å². The maximum Gasteiger partial charge on any atom is 0.249 e. The molecule has 0 aliphatic carbocycles. The van der Waals surface area contributed by atoms with Crippen LogP contribution in [0.1, 0.15) is 316 Å². The van der Waals surface area contributed by atoms with Gasteiger partial charge in [0.2, 0.25) is 5.91 Å². The van der Waals surface area contributed by atoms with Crippen molar-refractivity contribution in [2.24, 2.45) is 0 Å². The number of aliphatic hydroxyl groups excluding tert-OH is 7. The lowest BCUT2D eigenvalue weighted by Crippen LogP contribution is -2.60. The molecular weight excluding hydrogens is 955 g/mol. The minimum atomic E-state index is -1.67. The molecular formula is C65H125NO10. The SMILES string of the molecule is CCCCCCCCCCCCCC/C=C\CCCCCCCCCCCCCCCC(O)C(=O)NC(COC1OC(CO)C(O)C(O)C1O)C(O)C(O)CCC/C=C/CCCCCCCCCCCCCCCCC. The lowest BCUT2D eigenvalue weighted by molar-refractivity contribution is -0.303. The number of carbonyl (C=O) groups excluding carboxylic acids is 1. The molecule has 0 aromatic carbocycles. The van der Waals surface area contributed by atoms with Gasteiger partial charge in [-0.15, -0.1) is 0 Å². The molecule has 9 atom stereocenters. The van der Waals surface area contributed by atoms with Gasteiger partial charge in [0.05, 0.1) is 25.4 Å². The van der Waals surface area contributed by atoms with Gasteiger partial charge in [-0.3, -0.25) is 4.79 Å². The third-order valence-electron chi connectivity index (χ3n) is 16.0. The number of ether oxygens (including phenoxy) is 2. The zero-order valence-electron chi connectivity index (χ0n) is 49.5. The summed E-state index contributed by atoms with van der Waals surface area (Å²) in [5.41, 5.74) is 0. The van der Waals surface area contributed by atoms with Crippen molar-refractivity contribution in [1.82, 2.24) is 5.32 Å². The van der Waals surface area contributed by atoms with Crippen molar-refractivity contribution in [2.75, 3.05) is 13.2 Å². The van der Waals surface area contributed by atoms with E-state index in [1.807, 2.05) is 0 Å². The topological polar surface area (TPSA) is 189 Å². The summed E-state index contributed by atoms with van der Waals surface area (Å²) in [6, 6.07) is -1.18. The van der Waals surface area contributed by atoms with E-state index in [1.54, 1.807) is 0 Å². The molecule has 1 saturated heterocycles. The van der Waals surface area contributed by atoms with Crippen LogP contribution in [0.15, 0.2) is 24.3 Å². The molecule has 11 nitrogen and oxygen atoms in total. The van der Waals surface area contributed by atoms with Gasteiger partial charge in [0.25, 0.3) is 0 Å². The van der Waals surface area contributed by atoms with Gasteiger partial charge < -0.3 is 50.5 Å². The number of hydrogen-bond acceptors (Lipinski definition) is 10. The smallest absolute Gasteiger partial charge is 0.249 e. The molecule has 1 aliphatic rings. The summed E-state index contributed by atoms with van der Waals surface area (Å²) in [7, 11) is 0. The minimum absolute atomic E-state index is 0.256. The molecule has 0 saturated carbocycles. The van der Waals surface area contributed by atoms with Crippen LogP contribution in [0.5, 0.6) is 0 Å². The summed E-state index contributed by atoms with van der Waals surface area (Å²) < 4.78 is 11.2. The van der Waals surface area contributed by atoms with Gasteiger partial charge in [-0.25, -0.2) is 0 Å². The maximum absolute atomic E-state index is 13.2. The molecule has 0 bridgehead atoms. The Morgan fingerprint density at radius 3 is 1.13 bits per heavy atom. The standard InChI is InChI=1S/C65H125NO10/c1-3-5-7-9-11-13-15-17-19-21-23-25-26-27-28-29-30-31-32-33-35-37-39-41-43-45-47-49-51-53-58(69)64(74)66-56(55-75-65-63(73)62(72)61(71)59(54-67)76-65)60(70)57(68)52-50-48-46-44-42-40-38-36-34-24-22-20-18-16-14-12-10-8-6-4-2/h27-28,44,46,56-63,65,67-73H,3-26,29-43,45,47-55H2,1-2H3,(H,66,74)/b28-27-,46-44+. The predicted molar refractivity (Wildman–Crippen MR) is 316 cm³/mol. The van der Waals surface area contributed by atoms with E-state index in [1.165, 1.54) is 238 Å². The zero-order chi connectivity index (χ0) is 55.4. The fraction of sp³-hybridized carbons (Fsp3) is 0.923. The van der Waals surface area contributed by atoms with Crippen LogP contribution in [0.25, 0.3) is 0 Å². The van der Waals surface area contributed by atoms with Gasteiger partial charge in [-0.2, -0.15) is 0 Å². The number of nitrogens with one attached hydrogen (secondary N) is 1. The van der Waals surface area contributed by atoms with Crippen molar-refractivity contribution >= 4 is 5.91 Å². The van der Waals surface area contributed by atoms with Gasteiger partial charge in [0.1, 0.15) is 36.6 Å². The van der Waals surface area contributed by atoms with Crippen molar-refractivity contribution in [2.45, 2.75) is 371 Å². The largest absolute Gasteiger partial charge is 0.394 e. The van der Waals surface area contributed by atoms with Crippen LogP contribution < -0.4 is 5.32 Å². The van der Waals surface area contributed by atoms with Crippen LogP contribution >= 0.6 is 0 Å². The molecule has 76 heavy (non-hydrogen) atoms. The molecule has 0 spiro atoms. The summed E-state index contributed by atoms with van der Waals surface area (Å²) in [6.45, 7) is 3.49. The fourth-order valence-corrected chi connectivity index (χ4v) is 10.7. The van der Waals surface area contributed by atoms with Crippen molar-refractivity contribution in [3.05, 3.63) is 24.3 Å². The third-order valence-corrected chi connectivity index (χ3v) is 16.0. The monoisotopic (exact) mass is 1080 g/mol. The summed E-state index contributed by atoms with van der Waals surface area (Å²) in [5.74, 6) is -0.701. The maximum atomic E-state index is 13.2. The summed E-state index contributed by atoms with van der Waals surface area (Å²) in [5, 5.41) is 76.3. The second-order valence-electron chi connectivity index (χ2n) is 23.2. The molecule has 1 rings (SSSR count). The molecule has 11 heteroatoms. The van der Waals surface area contributed by atoms with Gasteiger partial charge in [0, 0.05) is 0 Å². The Bertz CT molecular complexity index is 1280. The van der Waals surface area contributed by atoms with Gasteiger partial charge >= 0.3 is 0 Å². The minimum Gasteiger partial charge on any atom is -0.394 e. The quantitative estimate of drug-likeness (QED) is 0.0215. The predicted octanol–water partition coefficient (Wildman–Crippen LogP) is 14.9. The van der Waals surface area contributed by atoms with E-state index in [4.69, 9.17) is 9.47 Å². The number of allylic oxidation sites excluding steroid dienone is 4. The van der Waals surface area contributed by atoms with Crippen molar-refractivity contribution < 1.29 is 50.0 Å². The average molecular weight is 1080 g/mol. The number of rotatable bonds is 57. The van der Waals surface area contributed by atoms with E-state index >= 15 is 0 Å². The van der Waals surface area contributed by atoms with Gasteiger partial charge in [0.15, 0.2) is 6.29 Å². The lowest BCUT2D eigenvalue weighted by atomic mass is 9.98. The molecule has 1 amide bonds. The second kappa shape index (κ2) is 54.2. The molecule has 0 radical (unpaired) electrons. The molecule has 8 N–H and O–H groups in total. The molecule has 0 aromatic heterocycles. The van der Waals surface area contributed by atoms with E-state index < -0.39 is 74.2 Å². The molecule has 450 valence electrons. The first-order valence-corrected chi connectivity index (χ1v) is 32.7. The van der Waals surface area contributed by atoms with Gasteiger partial charge in [-0.05, 0) is 64.2 Å². The Morgan fingerprint density at radius 2 is 0.776 bits per heavy atom. The second-order valence-corrected chi connectivity index (χ2v) is 23.2. The Balaban J connectivity index is 2.24. The van der Waals surface area contributed by atoms with Crippen LogP contribution in [0.4, 0.5) is 0 Å².